The SMILES string of the molecule is C=C(O)c1ccc(C(=O)c2ccc(C)s2)cc1.C=C(O)c1ccc(C(=O)c2ccc(C3CC3)s2)cc1.C=C(O)c1ccc(C(O)c2ccc(C3CC3)s2)cc1.C=C(O)c1ccc(C(c2ccc(Br)s2)N(C)C)cc1.C=C(O)c1ccc(Cc2ccc(C(C)=O)s2)cc1.C=C(O)c1ccc(Cc2ccc(C(N)=O)s2)cc1.C=C(O)c1ccc(Cc2ccc(C3CC3)s2)cc1. The average molecular weight is 1900 g/mol. The molecule has 656 valence electrons. The highest BCUT2D eigenvalue weighted by Gasteiger charge is 2.29. The number of carbonyl (C=O) groups excluding carboxylic acids is 4. The smallest absolute Gasteiger partial charge is 0.258 e. The second-order valence-corrected chi connectivity index (χ2v) is 40.7. The van der Waals surface area contributed by atoms with Crippen LogP contribution in [0.1, 0.15) is 236 Å². The molecule has 14 nitrogen and oxygen atoms in total. The molecule has 2 unspecified atom stereocenters. The van der Waals surface area contributed by atoms with E-state index in [1.807, 2.05) is 158 Å². The van der Waals surface area contributed by atoms with Crippen LogP contribution < -0.4 is 5.73 Å². The number of aryl methyl sites for hydroxylation is 1. The molecule has 3 fully saturated rings. The predicted octanol–water partition coefficient (Wildman–Crippen LogP) is 28.9. The van der Waals surface area contributed by atoms with E-state index in [4.69, 9.17) is 5.73 Å². The first-order valence-corrected chi connectivity index (χ1v) is 47.6. The first-order valence-electron chi connectivity index (χ1n) is 41.1. The van der Waals surface area contributed by atoms with E-state index in [9.17, 15) is 60.0 Å². The molecule has 22 heteroatoms. The zero-order valence-corrected chi connectivity index (χ0v) is 78.7. The topological polar surface area (TPSA) is 259 Å². The number of thiophene rings is 7. The van der Waals surface area contributed by atoms with Gasteiger partial charge in [-0.3, -0.25) is 24.1 Å². The number of aliphatic hydroxyl groups is 8. The monoisotopic (exact) mass is 1900 g/mol. The molecule has 14 aromatic rings. The number of nitrogens with two attached hydrogens (primary N) is 1. The number of aliphatic hydroxyl groups excluding tert-OH is 8. The maximum atomic E-state index is 12.3. The Balaban J connectivity index is 0.000000145. The molecule has 0 aliphatic heterocycles. The van der Waals surface area contributed by atoms with Crippen molar-refractivity contribution in [3.05, 3.63) is 446 Å². The van der Waals surface area contributed by atoms with E-state index >= 15 is 0 Å². The first kappa shape index (κ1) is 96.7. The van der Waals surface area contributed by atoms with Gasteiger partial charge in [0.05, 0.1) is 29.3 Å². The van der Waals surface area contributed by atoms with Gasteiger partial charge >= 0.3 is 0 Å². The van der Waals surface area contributed by atoms with Gasteiger partial charge in [0.15, 0.2) is 5.78 Å². The molecule has 3 aliphatic rings. The van der Waals surface area contributed by atoms with Gasteiger partial charge in [0.25, 0.3) is 5.91 Å². The number of primary amides is 1. The fraction of sp³-hybridized carbons (Fsp3) is 0.170. The van der Waals surface area contributed by atoms with Gasteiger partial charge in [0, 0.05) is 113 Å². The number of rotatable bonds is 27. The predicted molar refractivity (Wildman–Crippen MR) is 539 cm³/mol. The van der Waals surface area contributed by atoms with Gasteiger partial charge in [0.2, 0.25) is 11.6 Å². The van der Waals surface area contributed by atoms with E-state index in [1.165, 1.54) is 103 Å². The highest BCUT2D eigenvalue weighted by Crippen LogP contribution is 2.47. The molecule has 7 heterocycles. The van der Waals surface area contributed by atoms with Crippen molar-refractivity contribution < 1.29 is 60.0 Å². The lowest BCUT2D eigenvalue weighted by molar-refractivity contribution is 0.0999. The standard InChI is InChI=1S/C16H16O2S.C16H14O2S.C16H16OS.C15H16BrNOS.C15H14O2S.C14H13NO2S.C14H12O2S/c2*1-10(17)11-2-6-13(7-3-11)16(18)15-9-8-14(19-15)12-4-5-12;1-11(17)13-4-2-12(3-5-13)10-15-8-9-16(18-15)14-6-7-14;1-10(18)11-4-6-12(7-5-11)15(17(2)3)13-8-9-14(16)19-13;1-10(16)13-5-3-12(4-6-13)9-14-7-8-15(18-14)11(2)17;1-9(16)11-4-2-10(3-5-11)8-12-6-7-13(18-12)14(15)17;1-9-3-8-13(17-9)14(16)12-6-4-11(5-7-12)10(2)15/h2-3,6-9,12,16-18H,1,4-5H2;2-3,6-9,12,17H,1,4-5H2;2-5,8-9,14,17H,1,6-7,10H2;4-9,15,18H,1H2,2-3H3;3-8,16H,1,9H2,2H3;2-7,16H,1,8H2,(H2,15,17);3-8,15H,2H2,1H3. The Morgan fingerprint density at radius 1 is 0.352 bits per heavy atom. The summed E-state index contributed by atoms with van der Waals surface area (Å²) in [6, 6.07) is 80.2. The fourth-order valence-electron chi connectivity index (χ4n) is 13.1. The number of amides is 1. The minimum Gasteiger partial charge on any atom is -0.508 e. The molecule has 3 aliphatic carbocycles. The molecule has 0 spiro atoms. The van der Waals surface area contributed by atoms with Gasteiger partial charge in [-0.1, -0.05) is 216 Å². The molecule has 0 saturated heterocycles. The van der Waals surface area contributed by atoms with Crippen molar-refractivity contribution >= 4 is 159 Å². The third-order valence-electron chi connectivity index (χ3n) is 20.7. The molecule has 3 saturated carbocycles. The lowest BCUT2D eigenvalue weighted by atomic mass is 10.0. The summed E-state index contributed by atoms with van der Waals surface area (Å²) in [4.78, 5) is 62.9. The quantitative estimate of drug-likeness (QED) is 0.0172. The summed E-state index contributed by atoms with van der Waals surface area (Å²) < 4.78 is 1.13. The van der Waals surface area contributed by atoms with Crippen LogP contribution in [-0.4, -0.2) is 83.1 Å². The van der Waals surface area contributed by atoms with Crippen molar-refractivity contribution in [2.75, 3.05) is 14.1 Å². The third kappa shape index (κ3) is 28.6. The Bertz CT molecular complexity index is 6120. The van der Waals surface area contributed by atoms with E-state index in [2.05, 4.69) is 130 Å². The summed E-state index contributed by atoms with van der Waals surface area (Å²) in [5.74, 6) is 2.50. The molecule has 7 aromatic heterocycles. The molecular weight excluding hydrogens is 1800 g/mol. The number of halogens is 1. The van der Waals surface area contributed by atoms with Crippen LogP contribution in [0.25, 0.3) is 40.3 Å². The summed E-state index contributed by atoms with van der Waals surface area (Å²) in [6.45, 7) is 27.9. The summed E-state index contributed by atoms with van der Waals surface area (Å²) in [7, 11) is 4.13. The Morgan fingerprint density at radius 2 is 0.656 bits per heavy atom. The van der Waals surface area contributed by atoms with Gasteiger partial charge < -0.3 is 46.6 Å². The second kappa shape index (κ2) is 45.7. The molecule has 10 N–H and O–H groups in total. The zero-order valence-electron chi connectivity index (χ0n) is 71.4. The number of ketones is 3. The number of carbonyl (C=O) groups is 4. The third-order valence-corrected chi connectivity index (χ3v) is 29.5. The summed E-state index contributed by atoms with van der Waals surface area (Å²) >= 11 is 14.9. The Morgan fingerprint density at radius 3 is 1.00 bits per heavy atom. The number of hydrogen-bond donors (Lipinski definition) is 9. The summed E-state index contributed by atoms with van der Waals surface area (Å²) in [5.41, 5.74) is 17.0. The van der Waals surface area contributed by atoms with Crippen LogP contribution in [0.5, 0.6) is 0 Å². The number of Topliss-reactive ketones (excluding diaryl/α,β-unsaturated/α-hetero) is 1. The summed E-state index contributed by atoms with van der Waals surface area (Å²) in [6.07, 6.45) is 9.75. The molecular formula is C106H101BrN2O12S7. The molecule has 17 rings (SSSR count). The lowest BCUT2D eigenvalue weighted by Crippen LogP contribution is -2.20. The van der Waals surface area contributed by atoms with E-state index in [0.717, 1.165) is 102 Å². The minimum atomic E-state index is -0.585. The fourth-order valence-corrected chi connectivity index (χ4v) is 21.0. The Labute approximate surface area is 784 Å². The highest BCUT2D eigenvalue weighted by molar-refractivity contribution is 9.11. The van der Waals surface area contributed by atoms with Gasteiger partial charge in [-0.05, 0) is 213 Å². The molecule has 1 amide bonds. The summed E-state index contributed by atoms with van der Waals surface area (Å²) in [5, 5.41) is 75.2. The van der Waals surface area contributed by atoms with E-state index in [0.29, 0.717) is 44.2 Å². The van der Waals surface area contributed by atoms with Crippen LogP contribution in [0.4, 0.5) is 0 Å². The number of hydrogen-bond acceptors (Lipinski definition) is 20. The van der Waals surface area contributed by atoms with Crippen LogP contribution in [0.3, 0.4) is 0 Å². The van der Waals surface area contributed by atoms with Crippen LogP contribution in [0.2, 0.25) is 0 Å². The molecule has 2 atom stereocenters. The lowest BCUT2D eigenvalue weighted by Gasteiger charge is -2.23. The van der Waals surface area contributed by atoms with Crippen LogP contribution in [-0.2, 0) is 19.3 Å². The van der Waals surface area contributed by atoms with Crippen molar-refractivity contribution in [2.45, 2.75) is 102 Å². The Hall–Kier alpha value is -11.9. The molecule has 128 heavy (non-hydrogen) atoms. The van der Waals surface area contributed by atoms with Crippen molar-refractivity contribution in [3.8, 4) is 0 Å². The average Bonchev–Trinajstić information content (AvgIpc) is 1.64. The minimum absolute atomic E-state index is 0.0102. The van der Waals surface area contributed by atoms with E-state index in [-0.39, 0.29) is 63.7 Å². The largest absolute Gasteiger partial charge is 0.508 e. The zero-order chi connectivity index (χ0) is 92.0. The number of benzene rings is 7. The first-order chi connectivity index (χ1) is 61.2. The van der Waals surface area contributed by atoms with Crippen molar-refractivity contribution in [2.24, 2.45) is 5.73 Å². The maximum absolute atomic E-state index is 12.3. The van der Waals surface area contributed by atoms with Crippen molar-refractivity contribution in [3.63, 3.8) is 0 Å². The van der Waals surface area contributed by atoms with Gasteiger partial charge in [-0.15, -0.1) is 79.4 Å². The molecule has 7 aromatic carbocycles. The van der Waals surface area contributed by atoms with E-state index < -0.39 is 12.0 Å². The highest BCUT2D eigenvalue weighted by atomic mass is 79.9. The van der Waals surface area contributed by atoms with Crippen molar-refractivity contribution in [1.29, 1.82) is 0 Å². The molecule has 0 radical (unpaired) electrons. The second-order valence-electron chi connectivity index (χ2n) is 31.1. The molecule has 0 bridgehead atoms. The van der Waals surface area contributed by atoms with Gasteiger partial charge in [-0.25, -0.2) is 0 Å². The van der Waals surface area contributed by atoms with E-state index in [1.54, 1.807) is 113 Å². The van der Waals surface area contributed by atoms with Gasteiger partial charge in [-0.2, -0.15) is 0 Å². The van der Waals surface area contributed by atoms with Crippen molar-refractivity contribution in [1.82, 2.24) is 4.90 Å². The normalized spacial score (nSPS) is 12.7. The van der Waals surface area contributed by atoms with Crippen LogP contribution >= 0.6 is 95.3 Å². The number of nitrogens with zero attached hydrogens (tertiary/aromatic N) is 1. The maximum Gasteiger partial charge on any atom is 0.258 e. The van der Waals surface area contributed by atoms with Crippen LogP contribution in [0.15, 0.2) is 305 Å². The Kier molecular flexibility index (Phi) is 34.5. The van der Waals surface area contributed by atoms with Crippen LogP contribution in [0, 0.1) is 6.92 Å². The van der Waals surface area contributed by atoms with Gasteiger partial charge in [0.1, 0.15) is 46.4 Å².